The third-order valence-corrected chi connectivity index (χ3v) is 3.65. The molecule has 0 radical (unpaired) electrons. The third-order valence-electron chi connectivity index (χ3n) is 1.80. The van der Waals surface area contributed by atoms with Crippen molar-refractivity contribution in [2.24, 2.45) is 0 Å². The van der Waals surface area contributed by atoms with E-state index in [0.717, 1.165) is 23.5 Å². The molecule has 0 rings (SSSR count). The molecule has 0 aliphatic carbocycles. The van der Waals surface area contributed by atoms with Gasteiger partial charge in [-0.25, -0.2) is 0 Å². The summed E-state index contributed by atoms with van der Waals surface area (Å²) in [4.78, 5) is 47.1. The van der Waals surface area contributed by atoms with Crippen molar-refractivity contribution < 1.29 is 19.2 Å². The first-order valence-corrected chi connectivity index (χ1v) is 7.00. The Morgan fingerprint density at radius 1 is 0.778 bits per heavy atom. The van der Waals surface area contributed by atoms with Gasteiger partial charge in [0.05, 0.1) is 11.8 Å². The molecule has 0 bridgehead atoms. The van der Waals surface area contributed by atoms with Gasteiger partial charge >= 0.3 is 11.8 Å². The second-order valence-electron chi connectivity index (χ2n) is 3.54. The minimum absolute atomic E-state index is 0.123. The summed E-state index contributed by atoms with van der Waals surface area (Å²) in [7, 11) is 2.89. The number of thioether (sulfide) groups is 2. The molecule has 0 N–H and O–H groups in total. The van der Waals surface area contributed by atoms with Gasteiger partial charge in [-0.2, -0.15) is 0 Å². The Morgan fingerprint density at radius 3 is 1.28 bits per heavy atom. The SMILES string of the molecule is CC(=O)SCN(C)C(=O)C(=O)N(C)CSC(C)=O. The largest absolute Gasteiger partial charge is 0.328 e. The predicted molar refractivity (Wildman–Crippen MR) is 71.8 cm³/mol. The van der Waals surface area contributed by atoms with Crippen LogP contribution in [-0.4, -0.2) is 57.7 Å². The average Bonchev–Trinajstić information content (AvgIpc) is 2.30. The van der Waals surface area contributed by atoms with Crippen LogP contribution < -0.4 is 0 Å². The smallest absolute Gasteiger partial charge is 0.312 e. The summed E-state index contributed by atoms with van der Waals surface area (Å²) < 4.78 is 0. The fourth-order valence-corrected chi connectivity index (χ4v) is 1.80. The molecule has 0 aromatic rings. The van der Waals surface area contributed by atoms with Crippen LogP contribution in [0.15, 0.2) is 0 Å². The van der Waals surface area contributed by atoms with Crippen molar-refractivity contribution in [3.05, 3.63) is 0 Å². The first kappa shape index (κ1) is 17.0. The summed E-state index contributed by atoms with van der Waals surface area (Å²) in [6.07, 6.45) is 0. The van der Waals surface area contributed by atoms with Gasteiger partial charge in [-0.1, -0.05) is 23.5 Å². The average molecular weight is 292 g/mol. The highest BCUT2D eigenvalue weighted by atomic mass is 32.2. The van der Waals surface area contributed by atoms with Gasteiger partial charge in [0.25, 0.3) is 0 Å². The normalized spacial score (nSPS) is 9.78. The van der Waals surface area contributed by atoms with Crippen LogP contribution in [0.4, 0.5) is 0 Å². The molecule has 8 heteroatoms. The maximum Gasteiger partial charge on any atom is 0.312 e. The quantitative estimate of drug-likeness (QED) is 0.551. The first-order valence-electron chi connectivity index (χ1n) is 5.03. The van der Waals surface area contributed by atoms with Crippen LogP contribution in [-0.2, 0) is 19.2 Å². The van der Waals surface area contributed by atoms with Gasteiger partial charge in [-0.15, -0.1) is 0 Å². The highest BCUT2D eigenvalue weighted by Crippen LogP contribution is 2.07. The molecule has 0 aromatic carbocycles. The molecule has 2 amide bonds. The van der Waals surface area contributed by atoms with E-state index in [1.165, 1.54) is 37.7 Å². The molecule has 0 saturated carbocycles. The summed E-state index contributed by atoms with van der Waals surface area (Å²) in [5.41, 5.74) is 0. The molecular weight excluding hydrogens is 276 g/mol. The Bertz CT molecular complexity index is 326. The Hall–Kier alpha value is -1.02. The fourth-order valence-electron chi connectivity index (χ4n) is 0.819. The molecule has 0 saturated heterocycles. The van der Waals surface area contributed by atoms with Crippen molar-refractivity contribution in [1.82, 2.24) is 9.80 Å². The second-order valence-corrected chi connectivity index (χ2v) is 5.78. The zero-order valence-electron chi connectivity index (χ0n) is 10.8. The van der Waals surface area contributed by atoms with Crippen molar-refractivity contribution in [2.75, 3.05) is 25.8 Å². The lowest BCUT2D eigenvalue weighted by Crippen LogP contribution is -2.42. The van der Waals surface area contributed by atoms with E-state index < -0.39 is 11.8 Å². The van der Waals surface area contributed by atoms with Crippen molar-refractivity contribution in [3.63, 3.8) is 0 Å². The topological polar surface area (TPSA) is 74.8 Å². The minimum Gasteiger partial charge on any atom is -0.328 e. The van der Waals surface area contributed by atoms with Gasteiger partial charge in [0.15, 0.2) is 10.2 Å². The molecule has 0 fully saturated rings. The highest BCUT2D eigenvalue weighted by molar-refractivity contribution is 8.13. The number of hydrogen-bond donors (Lipinski definition) is 0. The lowest BCUT2D eigenvalue weighted by atomic mass is 10.5. The van der Waals surface area contributed by atoms with Crippen LogP contribution in [0.5, 0.6) is 0 Å². The molecule has 0 aliphatic heterocycles. The predicted octanol–water partition coefficient (Wildman–Crippen LogP) is 0.378. The maximum atomic E-state index is 11.7. The van der Waals surface area contributed by atoms with E-state index in [9.17, 15) is 19.2 Å². The molecule has 6 nitrogen and oxygen atoms in total. The van der Waals surface area contributed by atoms with Crippen LogP contribution >= 0.6 is 23.5 Å². The van der Waals surface area contributed by atoms with E-state index in [2.05, 4.69) is 0 Å². The minimum atomic E-state index is -0.699. The molecular formula is C10H16N2O4S2. The maximum absolute atomic E-state index is 11.7. The lowest BCUT2D eigenvalue weighted by Gasteiger charge is -2.20. The Labute approximate surface area is 114 Å². The van der Waals surface area contributed by atoms with Crippen LogP contribution in [0.1, 0.15) is 13.8 Å². The Morgan fingerprint density at radius 2 is 1.06 bits per heavy atom. The Kier molecular flexibility index (Phi) is 7.69. The fraction of sp³-hybridized carbons (Fsp3) is 0.600. The molecule has 18 heavy (non-hydrogen) atoms. The second kappa shape index (κ2) is 8.15. The standard InChI is InChI=1S/C10H16N2O4S2/c1-7(13)17-5-11(3)9(15)10(16)12(4)6-18-8(2)14/h5-6H2,1-4H3. The van der Waals surface area contributed by atoms with Gasteiger partial charge in [0.2, 0.25) is 0 Å². The van der Waals surface area contributed by atoms with E-state index in [1.807, 2.05) is 0 Å². The monoisotopic (exact) mass is 292 g/mol. The van der Waals surface area contributed by atoms with Gasteiger partial charge < -0.3 is 9.80 Å². The van der Waals surface area contributed by atoms with Crippen LogP contribution in [0.3, 0.4) is 0 Å². The van der Waals surface area contributed by atoms with Crippen LogP contribution in [0.2, 0.25) is 0 Å². The summed E-state index contributed by atoms with van der Waals surface area (Å²) in [5, 5.41) is -0.245. The van der Waals surface area contributed by atoms with E-state index in [0.29, 0.717) is 0 Å². The zero-order valence-corrected chi connectivity index (χ0v) is 12.4. The number of hydrogen-bond acceptors (Lipinski definition) is 6. The van der Waals surface area contributed by atoms with E-state index in [1.54, 1.807) is 0 Å². The van der Waals surface area contributed by atoms with E-state index >= 15 is 0 Å². The van der Waals surface area contributed by atoms with Crippen LogP contribution in [0, 0.1) is 0 Å². The van der Waals surface area contributed by atoms with E-state index in [4.69, 9.17) is 0 Å². The van der Waals surface area contributed by atoms with Gasteiger partial charge in [0.1, 0.15) is 0 Å². The number of nitrogens with zero attached hydrogens (tertiary/aromatic N) is 2. The number of likely N-dealkylation sites (N-methyl/N-ethyl adjacent to an activating group) is 2. The molecule has 102 valence electrons. The summed E-state index contributed by atoms with van der Waals surface area (Å²) in [5.74, 6) is -1.13. The van der Waals surface area contributed by atoms with Crippen molar-refractivity contribution in [3.8, 4) is 0 Å². The number of amides is 2. The molecule has 0 atom stereocenters. The first-order chi connectivity index (χ1) is 8.25. The summed E-state index contributed by atoms with van der Waals surface area (Å²) in [6, 6.07) is 0. The molecule has 0 unspecified atom stereocenters. The lowest BCUT2D eigenvalue weighted by molar-refractivity contribution is -0.149. The number of carbonyl (C=O) groups is 4. The zero-order chi connectivity index (χ0) is 14.3. The molecule has 0 aromatic heterocycles. The van der Waals surface area contributed by atoms with E-state index in [-0.39, 0.29) is 22.0 Å². The molecule has 0 heterocycles. The van der Waals surface area contributed by atoms with Crippen molar-refractivity contribution >= 4 is 45.6 Å². The Balaban J connectivity index is 4.26. The van der Waals surface area contributed by atoms with Gasteiger partial charge in [0, 0.05) is 27.9 Å². The van der Waals surface area contributed by atoms with Crippen LogP contribution in [0.25, 0.3) is 0 Å². The summed E-state index contributed by atoms with van der Waals surface area (Å²) >= 11 is 1.90. The van der Waals surface area contributed by atoms with Gasteiger partial charge in [-0.3, -0.25) is 19.2 Å². The van der Waals surface area contributed by atoms with Crippen molar-refractivity contribution in [1.29, 1.82) is 0 Å². The van der Waals surface area contributed by atoms with Crippen molar-refractivity contribution in [2.45, 2.75) is 13.8 Å². The third kappa shape index (κ3) is 6.65. The number of rotatable bonds is 4. The highest BCUT2D eigenvalue weighted by Gasteiger charge is 2.22. The molecule has 0 spiro atoms. The van der Waals surface area contributed by atoms with Gasteiger partial charge in [-0.05, 0) is 0 Å². The number of carbonyl (C=O) groups excluding carboxylic acids is 4. The molecule has 0 aliphatic rings. The summed E-state index contributed by atoms with van der Waals surface area (Å²) in [6.45, 7) is 2.78.